The summed E-state index contributed by atoms with van der Waals surface area (Å²) in [6, 6.07) is 9.07. The Balaban J connectivity index is 2.11. The molecule has 21 heavy (non-hydrogen) atoms. The summed E-state index contributed by atoms with van der Waals surface area (Å²) in [5.41, 5.74) is 1.33. The first-order valence-corrected chi connectivity index (χ1v) is 6.93. The molecule has 3 N–H and O–H groups in total. The predicted molar refractivity (Wildman–Crippen MR) is 77.2 cm³/mol. The standard InChI is InChI=1S/C15H17N3O3/c19-12-6-7-16-8-11(12)18-9-17-13(15(20)21)14(18)10-4-2-1-3-5-10/h1-5,9,11-12,16,19H,6-8H2,(H,20,21)/t11-,12-/m1/s1. The van der Waals surface area contributed by atoms with Gasteiger partial charge < -0.3 is 20.1 Å². The van der Waals surface area contributed by atoms with E-state index in [-0.39, 0.29) is 11.7 Å². The van der Waals surface area contributed by atoms with Crippen LogP contribution in [-0.4, -0.2) is 44.9 Å². The molecule has 1 aromatic carbocycles. The Bertz CT molecular complexity index is 639. The van der Waals surface area contributed by atoms with Crippen LogP contribution in [0.2, 0.25) is 0 Å². The molecule has 2 heterocycles. The summed E-state index contributed by atoms with van der Waals surface area (Å²) in [5, 5.41) is 22.8. The van der Waals surface area contributed by atoms with Gasteiger partial charge in [0, 0.05) is 12.1 Å². The lowest BCUT2D eigenvalue weighted by atomic mass is 10.0. The molecule has 6 nitrogen and oxygen atoms in total. The van der Waals surface area contributed by atoms with Crippen molar-refractivity contribution in [1.29, 1.82) is 0 Å². The van der Waals surface area contributed by atoms with Crippen molar-refractivity contribution in [2.75, 3.05) is 13.1 Å². The van der Waals surface area contributed by atoms with Crippen molar-refractivity contribution in [3.8, 4) is 11.3 Å². The Labute approximate surface area is 122 Å². The normalized spacial score (nSPS) is 22.1. The highest BCUT2D eigenvalue weighted by Gasteiger charge is 2.29. The molecule has 0 bridgehead atoms. The molecule has 0 radical (unpaired) electrons. The Morgan fingerprint density at radius 1 is 1.33 bits per heavy atom. The number of carbonyl (C=O) groups is 1. The van der Waals surface area contributed by atoms with Gasteiger partial charge in [-0.2, -0.15) is 0 Å². The number of aromatic nitrogens is 2. The fourth-order valence-corrected chi connectivity index (χ4v) is 2.76. The number of aliphatic hydroxyl groups is 1. The van der Waals surface area contributed by atoms with E-state index in [0.29, 0.717) is 18.7 Å². The van der Waals surface area contributed by atoms with Gasteiger partial charge in [-0.15, -0.1) is 0 Å². The fourth-order valence-electron chi connectivity index (χ4n) is 2.76. The summed E-state index contributed by atoms with van der Waals surface area (Å²) in [5.74, 6) is -1.06. The number of carboxylic acids is 1. The number of rotatable bonds is 3. The molecule has 1 aromatic heterocycles. The number of nitrogens with zero attached hydrogens (tertiary/aromatic N) is 2. The van der Waals surface area contributed by atoms with Crippen LogP contribution in [0.25, 0.3) is 11.3 Å². The van der Waals surface area contributed by atoms with E-state index in [9.17, 15) is 15.0 Å². The monoisotopic (exact) mass is 287 g/mol. The molecular weight excluding hydrogens is 270 g/mol. The average Bonchev–Trinajstić information content (AvgIpc) is 2.93. The lowest BCUT2D eigenvalue weighted by molar-refractivity contribution is 0.0689. The van der Waals surface area contributed by atoms with Gasteiger partial charge in [-0.1, -0.05) is 30.3 Å². The topological polar surface area (TPSA) is 87.4 Å². The molecule has 110 valence electrons. The number of hydrogen-bond acceptors (Lipinski definition) is 4. The Kier molecular flexibility index (Phi) is 3.72. The number of carboxylic acid groups (broad SMARTS) is 1. The third-order valence-corrected chi connectivity index (χ3v) is 3.82. The molecule has 0 amide bonds. The number of piperidine rings is 1. The minimum absolute atomic E-state index is 0.0129. The Morgan fingerprint density at radius 2 is 2.10 bits per heavy atom. The molecule has 1 saturated heterocycles. The van der Waals surface area contributed by atoms with Gasteiger partial charge >= 0.3 is 5.97 Å². The van der Waals surface area contributed by atoms with Gasteiger partial charge in [-0.3, -0.25) is 0 Å². The van der Waals surface area contributed by atoms with Gasteiger partial charge in [0.1, 0.15) is 0 Å². The Hall–Kier alpha value is -2.18. The number of benzene rings is 1. The van der Waals surface area contributed by atoms with E-state index in [0.717, 1.165) is 12.1 Å². The first kappa shape index (κ1) is 13.8. The third kappa shape index (κ3) is 2.55. The predicted octanol–water partition coefficient (Wildman–Crippen LogP) is 1.14. The van der Waals surface area contributed by atoms with E-state index < -0.39 is 12.1 Å². The number of hydrogen-bond donors (Lipinski definition) is 3. The molecule has 0 unspecified atom stereocenters. The second kappa shape index (κ2) is 5.67. The maximum Gasteiger partial charge on any atom is 0.356 e. The van der Waals surface area contributed by atoms with Gasteiger partial charge in [0.15, 0.2) is 5.69 Å². The lowest BCUT2D eigenvalue weighted by Crippen LogP contribution is -2.41. The highest BCUT2D eigenvalue weighted by Crippen LogP contribution is 2.29. The molecule has 2 atom stereocenters. The number of aliphatic hydroxyl groups excluding tert-OH is 1. The lowest BCUT2D eigenvalue weighted by Gasteiger charge is -2.30. The minimum Gasteiger partial charge on any atom is -0.476 e. The summed E-state index contributed by atoms with van der Waals surface area (Å²) in [6.45, 7) is 1.36. The van der Waals surface area contributed by atoms with Crippen LogP contribution in [0.4, 0.5) is 0 Å². The van der Waals surface area contributed by atoms with Crippen LogP contribution in [0.1, 0.15) is 23.0 Å². The van der Waals surface area contributed by atoms with E-state index in [4.69, 9.17) is 0 Å². The van der Waals surface area contributed by atoms with Crippen molar-refractivity contribution in [2.45, 2.75) is 18.6 Å². The van der Waals surface area contributed by atoms with Crippen LogP contribution >= 0.6 is 0 Å². The second-order valence-electron chi connectivity index (χ2n) is 5.15. The maximum absolute atomic E-state index is 11.4. The quantitative estimate of drug-likeness (QED) is 0.788. The van der Waals surface area contributed by atoms with E-state index in [2.05, 4.69) is 10.3 Å². The molecule has 0 spiro atoms. The van der Waals surface area contributed by atoms with Crippen molar-refractivity contribution in [3.63, 3.8) is 0 Å². The van der Waals surface area contributed by atoms with Crippen molar-refractivity contribution in [2.24, 2.45) is 0 Å². The highest BCUT2D eigenvalue weighted by atomic mass is 16.4. The van der Waals surface area contributed by atoms with Gasteiger partial charge in [0.25, 0.3) is 0 Å². The zero-order chi connectivity index (χ0) is 14.8. The van der Waals surface area contributed by atoms with E-state index >= 15 is 0 Å². The minimum atomic E-state index is -1.06. The van der Waals surface area contributed by atoms with Crippen LogP contribution in [0, 0.1) is 0 Å². The summed E-state index contributed by atoms with van der Waals surface area (Å²) >= 11 is 0. The largest absolute Gasteiger partial charge is 0.476 e. The number of imidazole rings is 1. The Morgan fingerprint density at radius 3 is 2.76 bits per heavy atom. The first-order valence-electron chi connectivity index (χ1n) is 6.93. The van der Waals surface area contributed by atoms with E-state index in [1.165, 1.54) is 6.33 Å². The second-order valence-corrected chi connectivity index (χ2v) is 5.15. The molecule has 1 aliphatic rings. The average molecular weight is 287 g/mol. The van der Waals surface area contributed by atoms with Gasteiger partial charge in [0.2, 0.25) is 0 Å². The molecule has 0 saturated carbocycles. The van der Waals surface area contributed by atoms with Gasteiger partial charge in [-0.05, 0) is 13.0 Å². The third-order valence-electron chi connectivity index (χ3n) is 3.82. The summed E-state index contributed by atoms with van der Waals surface area (Å²) in [7, 11) is 0. The fraction of sp³-hybridized carbons (Fsp3) is 0.333. The summed E-state index contributed by atoms with van der Waals surface area (Å²) < 4.78 is 1.77. The highest BCUT2D eigenvalue weighted by molar-refractivity contribution is 5.93. The summed E-state index contributed by atoms with van der Waals surface area (Å²) in [6.07, 6.45) is 1.64. The van der Waals surface area contributed by atoms with Crippen LogP contribution in [0.15, 0.2) is 36.7 Å². The van der Waals surface area contributed by atoms with Crippen molar-refractivity contribution >= 4 is 5.97 Å². The number of aromatic carboxylic acids is 1. The molecule has 2 aromatic rings. The van der Waals surface area contributed by atoms with Crippen molar-refractivity contribution in [1.82, 2.24) is 14.9 Å². The molecule has 3 rings (SSSR count). The van der Waals surface area contributed by atoms with Crippen molar-refractivity contribution in [3.05, 3.63) is 42.4 Å². The molecule has 1 fully saturated rings. The number of nitrogens with one attached hydrogen (secondary N) is 1. The zero-order valence-corrected chi connectivity index (χ0v) is 11.4. The molecule has 0 aliphatic carbocycles. The van der Waals surface area contributed by atoms with Crippen LogP contribution in [0.3, 0.4) is 0 Å². The van der Waals surface area contributed by atoms with Gasteiger partial charge in [-0.25, -0.2) is 9.78 Å². The van der Waals surface area contributed by atoms with Crippen LogP contribution in [0.5, 0.6) is 0 Å². The van der Waals surface area contributed by atoms with Crippen LogP contribution in [-0.2, 0) is 0 Å². The zero-order valence-electron chi connectivity index (χ0n) is 11.4. The van der Waals surface area contributed by atoms with E-state index in [1.54, 1.807) is 4.57 Å². The molecule has 1 aliphatic heterocycles. The van der Waals surface area contributed by atoms with E-state index in [1.807, 2.05) is 30.3 Å². The molecule has 6 heteroatoms. The molecular formula is C15H17N3O3. The van der Waals surface area contributed by atoms with Crippen molar-refractivity contribution < 1.29 is 15.0 Å². The first-order chi connectivity index (χ1) is 10.2. The maximum atomic E-state index is 11.4. The summed E-state index contributed by atoms with van der Waals surface area (Å²) in [4.78, 5) is 15.4. The van der Waals surface area contributed by atoms with Gasteiger partial charge in [0.05, 0.1) is 24.2 Å². The van der Waals surface area contributed by atoms with Crippen LogP contribution < -0.4 is 5.32 Å². The SMILES string of the molecule is O=C(O)c1ncn([C@@H]2CNCC[C@H]2O)c1-c1ccccc1. The smallest absolute Gasteiger partial charge is 0.356 e.